The number of nitrogens with zero attached hydrogens (tertiary/aromatic N) is 2. The molecule has 0 saturated carbocycles. The van der Waals surface area contributed by atoms with Gasteiger partial charge in [0, 0.05) is 10.0 Å². The van der Waals surface area contributed by atoms with Crippen LogP contribution in [0, 0.1) is 6.92 Å². The van der Waals surface area contributed by atoms with Crippen LogP contribution in [0.4, 0.5) is 0 Å². The number of rotatable bonds is 2. The van der Waals surface area contributed by atoms with Gasteiger partial charge < -0.3 is 0 Å². The molecule has 2 aromatic rings. The monoisotopic (exact) mass is 310 g/mol. The first kappa shape index (κ1) is 12.2. The van der Waals surface area contributed by atoms with E-state index in [-0.39, 0.29) is 5.15 Å². The molecule has 5 heteroatoms. The van der Waals surface area contributed by atoms with Crippen molar-refractivity contribution in [1.82, 2.24) is 9.97 Å². The molecular formula is C12H8BrClN2O. The second-order valence-electron chi connectivity index (χ2n) is 3.45. The van der Waals surface area contributed by atoms with Crippen molar-refractivity contribution in [2.24, 2.45) is 0 Å². The lowest BCUT2D eigenvalue weighted by molar-refractivity contribution is 0.112. The molecule has 2 rings (SSSR count). The standard InChI is InChI=1S/C12H8BrClN2O/c1-7-15-11(10(6-17)12(14)16-7)8-3-2-4-9(13)5-8/h2-6H,1H3. The number of benzene rings is 1. The molecular weight excluding hydrogens is 304 g/mol. The van der Waals surface area contributed by atoms with Crippen molar-refractivity contribution < 1.29 is 4.79 Å². The van der Waals surface area contributed by atoms with Gasteiger partial charge in [-0.25, -0.2) is 9.97 Å². The Balaban J connectivity index is 2.70. The first-order valence-corrected chi connectivity index (χ1v) is 6.04. The van der Waals surface area contributed by atoms with Gasteiger partial charge in [0.15, 0.2) is 6.29 Å². The zero-order chi connectivity index (χ0) is 12.4. The first-order chi connectivity index (χ1) is 8.11. The molecule has 0 aliphatic rings. The maximum Gasteiger partial charge on any atom is 0.155 e. The summed E-state index contributed by atoms with van der Waals surface area (Å²) in [6.45, 7) is 1.74. The van der Waals surface area contributed by atoms with Crippen molar-refractivity contribution in [3.8, 4) is 11.3 Å². The van der Waals surface area contributed by atoms with Crippen LogP contribution in [0.5, 0.6) is 0 Å². The highest BCUT2D eigenvalue weighted by Gasteiger charge is 2.12. The molecule has 0 atom stereocenters. The predicted molar refractivity (Wildman–Crippen MR) is 70.3 cm³/mol. The number of hydrogen-bond acceptors (Lipinski definition) is 3. The molecule has 1 aromatic carbocycles. The van der Waals surface area contributed by atoms with Gasteiger partial charge in [-0.3, -0.25) is 4.79 Å². The number of halogens is 2. The number of aldehydes is 1. The van der Waals surface area contributed by atoms with Gasteiger partial charge in [-0.15, -0.1) is 0 Å². The summed E-state index contributed by atoms with van der Waals surface area (Å²) in [4.78, 5) is 19.3. The van der Waals surface area contributed by atoms with E-state index in [1.54, 1.807) is 6.92 Å². The summed E-state index contributed by atoms with van der Waals surface area (Å²) < 4.78 is 0.916. The summed E-state index contributed by atoms with van der Waals surface area (Å²) >= 11 is 9.31. The van der Waals surface area contributed by atoms with Crippen molar-refractivity contribution in [2.45, 2.75) is 6.92 Å². The van der Waals surface area contributed by atoms with E-state index in [0.29, 0.717) is 23.4 Å². The first-order valence-electron chi connectivity index (χ1n) is 4.87. The number of aromatic nitrogens is 2. The minimum atomic E-state index is 0.183. The van der Waals surface area contributed by atoms with Gasteiger partial charge in [0.2, 0.25) is 0 Å². The molecule has 0 saturated heterocycles. The Morgan fingerprint density at radius 3 is 2.76 bits per heavy atom. The van der Waals surface area contributed by atoms with Gasteiger partial charge >= 0.3 is 0 Å². The van der Waals surface area contributed by atoms with Gasteiger partial charge in [0.05, 0.1) is 11.3 Å². The molecule has 0 fully saturated rings. The Kier molecular flexibility index (Phi) is 3.54. The van der Waals surface area contributed by atoms with E-state index < -0.39 is 0 Å². The normalized spacial score (nSPS) is 10.3. The molecule has 1 aromatic heterocycles. The van der Waals surface area contributed by atoms with Gasteiger partial charge in [-0.1, -0.05) is 39.7 Å². The molecule has 0 aliphatic carbocycles. The van der Waals surface area contributed by atoms with Crippen LogP contribution >= 0.6 is 27.5 Å². The molecule has 0 amide bonds. The fourth-order valence-electron chi connectivity index (χ4n) is 1.51. The molecule has 0 radical (unpaired) electrons. The average molecular weight is 312 g/mol. The zero-order valence-electron chi connectivity index (χ0n) is 8.95. The number of carbonyl (C=O) groups is 1. The van der Waals surface area contributed by atoms with E-state index in [1.165, 1.54) is 0 Å². The molecule has 0 aliphatic heterocycles. The van der Waals surface area contributed by atoms with Crippen molar-refractivity contribution in [2.75, 3.05) is 0 Å². The fraction of sp³-hybridized carbons (Fsp3) is 0.0833. The highest BCUT2D eigenvalue weighted by Crippen LogP contribution is 2.27. The zero-order valence-corrected chi connectivity index (χ0v) is 11.3. The Hall–Kier alpha value is -1.26. The number of aryl methyl sites for hydroxylation is 1. The molecule has 1 heterocycles. The van der Waals surface area contributed by atoms with Crippen molar-refractivity contribution in [3.05, 3.63) is 45.3 Å². The molecule has 0 unspecified atom stereocenters. The molecule has 0 N–H and O–H groups in total. The summed E-state index contributed by atoms with van der Waals surface area (Å²) in [5.74, 6) is 0.538. The summed E-state index contributed by atoms with van der Waals surface area (Å²) in [5.41, 5.74) is 1.70. The molecule has 86 valence electrons. The SMILES string of the molecule is Cc1nc(Cl)c(C=O)c(-c2cccc(Br)c2)n1. The van der Waals surface area contributed by atoms with E-state index in [2.05, 4.69) is 25.9 Å². The third-order valence-electron chi connectivity index (χ3n) is 2.23. The summed E-state index contributed by atoms with van der Waals surface area (Å²) in [6.07, 6.45) is 0.679. The summed E-state index contributed by atoms with van der Waals surface area (Å²) in [5, 5.41) is 0.183. The highest BCUT2D eigenvalue weighted by atomic mass is 79.9. The van der Waals surface area contributed by atoms with E-state index in [9.17, 15) is 4.79 Å². The lowest BCUT2D eigenvalue weighted by Gasteiger charge is -2.07. The van der Waals surface area contributed by atoms with Crippen molar-refractivity contribution in [3.63, 3.8) is 0 Å². The minimum absolute atomic E-state index is 0.183. The second kappa shape index (κ2) is 4.94. The third kappa shape index (κ3) is 2.53. The van der Waals surface area contributed by atoms with Crippen molar-refractivity contribution in [1.29, 1.82) is 0 Å². The largest absolute Gasteiger partial charge is 0.298 e. The van der Waals surface area contributed by atoms with E-state index in [0.717, 1.165) is 10.0 Å². The average Bonchev–Trinajstić information content (AvgIpc) is 2.28. The number of hydrogen-bond donors (Lipinski definition) is 0. The minimum Gasteiger partial charge on any atom is -0.298 e. The van der Waals surface area contributed by atoms with E-state index in [1.807, 2.05) is 24.3 Å². The quantitative estimate of drug-likeness (QED) is 0.627. The van der Waals surface area contributed by atoms with Gasteiger partial charge in [0.1, 0.15) is 11.0 Å². The van der Waals surface area contributed by atoms with Crippen LogP contribution < -0.4 is 0 Å². The molecule has 0 spiro atoms. The molecule has 0 bridgehead atoms. The Morgan fingerprint density at radius 1 is 1.35 bits per heavy atom. The van der Waals surface area contributed by atoms with E-state index >= 15 is 0 Å². The van der Waals surface area contributed by atoms with Crippen LogP contribution in [-0.2, 0) is 0 Å². The van der Waals surface area contributed by atoms with Gasteiger partial charge in [-0.2, -0.15) is 0 Å². The Morgan fingerprint density at radius 2 is 2.12 bits per heavy atom. The summed E-state index contributed by atoms with van der Waals surface area (Å²) in [7, 11) is 0. The number of carbonyl (C=O) groups excluding carboxylic acids is 1. The smallest absolute Gasteiger partial charge is 0.155 e. The Bertz CT molecular complexity index is 587. The Labute approximate surface area is 112 Å². The van der Waals surface area contributed by atoms with Gasteiger partial charge in [-0.05, 0) is 19.1 Å². The van der Waals surface area contributed by atoms with Crippen LogP contribution in [0.1, 0.15) is 16.2 Å². The van der Waals surface area contributed by atoms with Crippen LogP contribution in [0.15, 0.2) is 28.7 Å². The molecule has 17 heavy (non-hydrogen) atoms. The summed E-state index contributed by atoms with van der Waals surface area (Å²) in [6, 6.07) is 7.53. The van der Waals surface area contributed by atoms with Crippen LogP contribution in [0.3, 0.4) is 0 Å². The van der Waals surface area contributed by atoms with Crippen LogP contribution in [-0.4, -0.2) is 16.3 Å². The topological polar surface area (TPSA) is 42.9 Å². The van der Waals surface area contributed by atoms with Crippen LogP contribution in [0.25, 0.3) is 11.3 Å². The van der Waals surface area contributed by atoms with Gasteiger partial charge in [0.25, 0.3) is 0 Å². The maximum absolute atomic E-state index is 11.0. The van der Waals surface area contributed by atoms with Crippen molar-refractivity contribution >= 4 is 33.8 Å². The lowest BCUT2D eigenvalue weighted by Crippen LogP contribution is -1.99. The lowest BCUT2D eigenvalue weighted by atomic mass is 10.1. The fourth-order valence-corrected chi connectivity index (χ4v) is 2.16. The predicted octanol–water partition coefficient (Wildman–Crippen LogP) is 3.68. The molecule has 3 nitrogen and oxygen atoms in total. The highest BCUT2D eigenvalue weighted by molar-refractivity contribution is 9.10. The van der Waals surface area contributed by atoms with E-state index in [4.69, 9.17) is 11.6 Å². The second-order valence-corrected chi connectivity index (χ2v) is 4.73. The van der Waals surface area contributed by atoms with Crippen LogP contribution in [0.2, 0.25) is 5.15 Å². The maximum atomic E-state index is 11.0. The third-order valence-corrected chi connectivity index (χ3v) is 3.01.